The second kappa shape index (κ2) is 2.32. The Hall–Kier alpha value is -0.160. The molecule has 6 atom stereocenters. The second-order valence-electron chi connectivity index (χ2n) is 4.75. The SMILES string of the molecule is C[C@H]1O[C@]2(C)O[C@H]1[C@]1(C)O[C@H](C)[C@@H]2O1. The van der Waals surface area contributed by atoms with Crippen LogP contribution in [-0.4, -0.2) is 36.0 Å². The summed E-state index contributed by atoms with van der Waals surface area (Å²) in [6.07, 6.45) is -0.174. The van der Waals surface area contributed by atoms with Gasteiger partial charge in [0.1, 0.15) is 12.2 Å². The zero-order valence-corrected chi connectivity index (χ0v) is 8.94. The Kier molecular flexibility index (Phi) is 1.51. The molecule has 0 N–H and O–H groups in total. The van der Waals surface area contributed by atoms with Crippen molar-refractivity contribution in [2.24, 2.45) is 0 Å². The van der Waals surface area contributed by atoms with E-state index in [1.165, 1.54) is 0 Å². The molecule has 3 saturated heterocycles. The maximum absolute atomic E-state index is 5.89. The summed E-state index contributed by atoms with van der Waals surface area (Å²) in [7, 11) is 0. The van der Waals surface area contributed by atoms with Gasteiger partial charge >= 0.3 is 0 Å². The number of fused-ring (bicyclic) bond motifs is 6. The molecule has 0 saturated carbocycles. The van der Waals surface area contributed by atoms with Gasteiger partial charge in [-0.1, -0.05) is 0 Å². The van der Waals surface area contributed by atoms with Gasteiger partial charge < -0.3 is 18.9 Å². The summed E-state index contributed by atoms with van der Waals surface area (Å²) < 4.78 is 23.4. The highest BCUT2D eigenvalue weighted by atomic mass is 16.9. The molecule has 4 heteroatoms. The summed E-state index contributed by atoms with van der Waals surface area (Å²) in [5, 5.41) is 0. The summed E-state index contributed by atoms with van der Waals surface area (Å²) in [4.78, 5) is 0. The minimum Gasteiger partial charge on any atom is -0.342 e. The average molecular weight is 200 g/mol. The van der Waals surface area contributed by atoms with Crippen LogP contribution in [0.3, 0.4) is 0 Å². The molecule has 3 aliphatic rings. The van der Waals surface area contributed by atoms with Crippen molar-refractivity contribution in [3.63, 3.8) is 0 Å². The van der Waals surface area contributed by atoms with Crippen molar-refractivity contribution in [3.05, 3.63) is 0 Å². The number of ether oxygens (including phenoxy) is 4. The van der Waals surface area contributed by atoms with Crippen molar-refractivity contribution in [2.45, 2.75) is 63.7 Å². The fourth-order valence-electron chi connectivity index (χ4n) is 2.95. The molecule has 0 aromatic carbocycles. The van der Waals surface area contributed by atoms with Crippen molar-refractivity contribution >= 4 is 0 Å². The Morgan fingerprint density at radius 3 is 1.43 bits per heavy atom. The standard InChI is InChI=1S/C10H16O4/c1-5-7-9(3)12-6(2)8(14-9)10(4,11-5)13-7/h5-8H,1-4H3/t5-,6-,7-,8+,9-,10-/m1/s1. The van der Waals surface area contributed by atoms with Crippen LogP contribution in [0.1, 0.15) is 27.7 Å². The van der Waals surface area contributed by atoms with Gasteiger partial charge in [0.25, 0.3) is 0 Å². The Bertz CT molecular complexity index is 253. The van der Waals surface area contributed by atoms with E-state index in [0.29, 0.717) is 0 Å². The largest absolute Gasteiger partial charge is 0.342 e. The first kappa shape index (κ1) is 9.09. The molecule has 0 unspecified atom stereocenters. The van der Waals surface area contributed by atoms with E-state index in [9.17, 15) is 0 Å². The molecule has 0 amide bonds. The lowest BCUT2D eigenvalue weighted by atomic mass is 10.1. The third-order valence-corrected chi connectivity index (χ3v) is 3.45. The van der Waals surface area contributed by atoms with Crippen molar-refractivity contribution in [1.82, 2.24) is 0 Å². The Labute approximate surface area is 83.5 Å². The Morgan fingerprint density at radius 1 is 0.714 bits per heavy atom. The fraction of sp³-hybridized carbons (Fsp3) is 1.00. The molecule has 80 valence electrons. The predicted molar refractivity (Wildman–Crippen MR) is 47.7 cm³/mol. The van der Waals surface area contributed by atoms with E-state index in [4.69, 9.17) is 18.9 Å². The number of rotatable bonds is 0. The summed E-state index contributed by atoms with van der Waals surface area (Å²) in [5.74, 6) is -1.25. The van der Waals surface area contributed by atoms with Crippen LogP contribution in [-0.2, 0) is 18.9 Å². The van der Waals surface area contributed by atoms with E-state index in [0.717, 1.165) is 0 Å². The molecule has 0 aromatic rings. The molecule has 3 aliphatic heterocycles. The molecule has 4 nitrogen and oxygen atoms in total. The van der Waals surface area contributed by atoms with Gasteiger partial charge in [0, 0.05) is 0 Å². The van der Waals surface area contributed by atoms with Crippen molar-refractivity contribution < 1.29 is 18.9 Å². The topological polar surface area (TPSA) is 36.9 Å². The van der Waals surface area contributed by atoms with Crippen LogP contribution in [0.25, 0.3) is 0 Å². The number of hydrogen-bond donors (Lipinski definition) is 0. The van der Waals surface area contributed by atoms with E-state index in [2.05, 4.69) is 0 Å². The minimum atomic E-state index is -0.625. The summed E-state index contributed by atoms with van der Waals surface area (Å²) in [6, 6.07) is 0. The first-order chi connectivity index (χ1) is 6.45. The summed E-state index contributed by atoms with van der Waals surface area (Å²) in [5.41, 5.74) is 0. The van der Waals surface area contributed by atoms with Gasteiger partial charge in [-0.2, -0.15) is 0 Å². The van der Waals surface area contributed by atoms with Gasteiger partial charge in [0.05, 0.1) is 12.2 Å². The van der Waals surface area contributed by atoms with Crippen LogP contribution < -0.4 is 0 Å². The molecule has 4 bridgehead atoms. The van der Waals surface area contributed by atoms with Gasteiger partial charge in [0.15, 0.2) is 11.6 Å². The average Bonchev–Trinajstić information content (AvgIpc) is 2.49. The first-order valence-electron chi connectivity index (χ1n) is 5.16. The lowest BCUT2D eigenvalue weighted by Gasteiger charge is -2.37. The van der Waals surface area contributed by atoms with Gasteiger partial charge in [-0.05, 0) is 27.7 Å². The molecular formula is C10H16O4. The van der Waals surface area contributed by atoms with Gasteiger partial charge in [-0.25, -0.2) is 0 Å². The maximum Gasteiger partial charge on any atom is 0.195 e. The quantitative estimate of drug-likeness (QED) is 0.585. The van der Waals surface area contributed by atoms with Crippen molar-refractivity contribution in [1.29, 1.82) is 0 Å². The summed E-state index contributed by atoms with van der Waals surface area (Å²) >= 11 is 0. The lowest BCUT2D eigenvalue weighted by molar-refractivity contribution is -0.313. The van der Waals surface area contributed by atoms with Gasteiger partial charge in [0.2, 0.25) is 0 Å². The second-order valence-corrected chi connectivity index (χ2v) is 4.75. The highest BCUT2D eigenvalue weighted by Gasteiger charge is 2.68. The molecule has 3 fully saturated rings. The van der Waals surface area contributed by atoms with Gasteiger partial charge in [-0.3, -0.25) is 0 Å². The van der Waals surface area contributed by atoms with Gasteiger partial charge in [-0.15, -0.1) is 0 Å². The third kappa shape index (κ3) is 0.877. The fourth-order valence-corrected chi connectivity index (χ4v) is 2.95. The molecule has 14 heavy (non-hydrogen) atoms. The first-order valence-corrected chi connectivity index (χ1v) is 5.16. The zero-order valence-electron chi connectivity index (χ0n) is 8.94. The highest BCUT2D eigenvalue weighted by Crippen LogP contribution is 2.51. The molecule has 3 heterocycles. The van der Waals surface area contributed by atoms with Crippen LogP contribution in [0, 0.1) is 0 Å². The monoisotopic (exact) mass is 200 g/mol. The molecule has 0 aromatic heterocycles. The van der Waals surface area contributed by atoms with Crippen molar-refractivity contribution in [2.75, 3.05) is 0 Å². The smallest absolute Gasteiger partial charge is 0.195 e. The van der Waals surface area contributed by atoms with Crippen LogP contribution in [0.5, 0.6) is 0 Å². The number of hydrogen-bond acceptors (Lipinski definition) is 4. The normalized spacial score (nSPS) is 66.0. The lowest BCUT2D eigenvalue weighted by Crippen LogP contribution is -2.53. The van der Waals surface area contributed by atoms with Crippen LogP contribution in [0.4, 0.5) is 0 Å². The molecule has 0 radical (unpaired) electrons. The highest BCUT2D eigenvalue weighted by molar-refractivity contribution is 5.04. The predicted octanol–water partition coefficient (Wildman–Crippen LogP) is 1.04. The molecule has 0 aliphatic carbocycles. The van der Waals surface area contributed by atoms with E-state index in [1.54, 1.807) is 0 Å². The summed E-state index contributed by atoms with van der Waals surface area (Å²) in [6.45, 7) is 7.86. The molecule has 0 spiro atoms. The molecular weight excluding hydrogens is 184 g/mol. The Morgan fingerprint density at radius 2 is 1.07 bits per heavy atom. The zero-order chi connectivity index (χ0) is 10.1. The van der Waals surface area contributed by atoms with Crippen molar-refractivity contribution in [3.8, 4) is 0 Å². The minimum absolute atomic E-state index is 0.0301. The van der Waals surface area contributed by atoms with Crippen LogP contribution >= 0.6 is 0 Å². The Balaban J connectivity index is 2.04. The van der Waals surface area contributed by atoms with E-state index in [1.807, 2.05) is 27.7 Å². The van der Waals surface area contributed by atoms with Crippen LogP contribution in [0.2, 0.25) is 0 Å². The maximum atomic E-state index is 5.89. The van der Waals surface area contributed by atoms with E-state index < -0.39 is 11.6 Å². The van der Waals surface area contributed by atoms with E-state index in [-0.39, 0.29) is 24.4 Å². The third-order valence-electron chi connectivity index (χ3n) is 3.45. The van der Waals surface area contributed by atoms with Crippen LogP contribution in [0.15, 0.2) is 0 Å². The molecule has 3 rings (SSSR count). The van der Waals surface area contributed by atoms with E-state index >= 15 is 0 Å².